The Balaban J connectivity index is 1.65. The van der Waals surface area contributed by atoms with Crippen molar-refractivity contribution in [1.29, 1.82) is 0 Å². The molecule has 6 nitrogen and oxygen atoms in total. The first-order valence-corrected chi connectivity index (χ1v) is 8.85. The van der Waals surface area contributed by atoms with Gasteiger partial charge in [-0.25, -0.2) is 0 Å². The van der Waals surface area contributed by atoms with E-state index in [1.165, 1.54) is 6.07 Å². The fourth-order valence-electron chi connectivity index (χ4n) is 3.69. The molecule has 1 aliphatic heterocycles. The number of aromatic nitrogens is 1. The third kappa shape index (κ3) is 3.08. The standard InChI is InChI=1S/C20H20N2O4/c23-18-11-14(13-4-2-1-3-5-13)10-17-15(18)12-16(19(24)21-17)20(25)22-6-8-26-9-7-22/h1-5,12,14H,6-11H2,(H,21,24). The molecule has 2 aliphatic rings. The van der Waals surface area contributed by atoms with Gasteiger partial charge < -0.3 is 14.6 Å². The molecule has 1 atom stereocenters. The molecule has 2 aromatic rings. The zero-order valence-corrected chi connectivity index (χ0v) is 14.4. The molecule has 26 heavy (non-hydrogen) atoms. The molecule has 0 bridgehead atoms. The molecule has 1 saturated heterocycles. The molecule has 1 aliphatic carbocycles. The van der Waals surface area contributed by atoms with Crippen LogP contribution in [-0.2, 0) is 11.2 Å². The van der Waals surface area contributed by atoms with Crippen LogP contribution in [0.15, 0.2) is 41.2 Å². The van der Waals surface area contributed by atoms with Crippen molar-refractivity contribution in [2.24, 2.45) is 0 Å². The Morgan fingerprint density at radius 2 is 1.81 bits per heavy atom. The lowest BCUT2D eigenvalue weighted by Gasteiger charge is -2.27. The maximum Gasteiger partial charge on any atom is 0.261 e. The predicted octanol–water partition coefficient (Wildman–Crippen LogP) is 1.76. The fourth-order valence-corrected chi connectivity index (χ4v) is 3.69. The largest absolute Gasteiger partial charge is 0.378 e. The number of nitrogens with one attached hydrogen (secondary N) is 1. The van der Waals surface area contributed by atoms with Crippen LogP contribution in [0.2, 0.25) is 0 Å². The van der Waals surface area contributed by atoms with Crippen LogP contribution < -0.4 is 5.56 Å². The van der Waals surface area contributed by atoms with E-state index in [1.807, 2.05) is 30.3 Å². The van der Waals surface area contributed by atoms with Crippen molar-refractivity contribution in [2.75, 3.05) is 26.3 Å². The van der Waals surface area contributed by atoms with Gasteiger partial charge in [0.25, 0.3) is 11.5 Å². The number of pyridine rings is 1. The van der Waals surface area contributed by atoms with Gasteiger partial charge in [-0.3, -0.25) is 14.4 Å². The minimum Gasteiger partial charge on any atom is -0.378 e. The smallest absolute Gasteiger partial charge is 0.261 e. The molecule has 134 valence electrons. The molecule has 1 N–H and O–H groups in total. The topological polar surface area (TPSA) is 79.5 Å². The minimum atomic E-state index is -0.429. The highest BCUT2D eigenvalue weighted by Crippen LogP contribution is 2.31. The summed E-state index contributed by atoms with van der Waals surface area (Å²) >= 11 is 0. The maximum atomic E-state index is 12.7. The number of carbonyl (C=O) groups is 2. The monoisotopic (exact) mass is 352 g/mol. The Labute approximate surface area is 150 Å². The van der Waals surface area contributed by atoms with Gasteiger partial charge in [0.2, 0.25) is 0 Å². The number of rotatable bonds is 2. The summed E-state index contributed by atoms with van der Waals surface area (Å²) in [6, 6.07) is 11.3. The highest BCUT2D eigenvalue weighted by atomic mass is 16.5. The van der Waals surface area contributed by atoms with Crippen LogP contribution in [0.25, 0.3) is 0 Å². The number of ketones is 1. The number of nitrogens with zero attached hydrogens (tertiary/aromatic N) is 1. The number of amides is 1. The fraction of sp³-hybridized carbons (Fsp3) is 0.350. The van der Waals surface area contributed by atoms with Gasteiger partial charge in [0, 0.05) is 30.8 Å². The molecular weight excluding hydrogens is 332 g/mol. The summed E-state index contributed by atoms with van der Waals surface area (Å²) < 4.78 is 5.24. The highest BCUT2D eigenvalue weighted by Gasteiger charge is 2.30. The summed E-state index contributed by atoms with van der Waals surface area (Å²) in [5.74, 6) is -0.324. The van der Waals surface area contributed by atoms with Gasteiger partial charge in [0.15, 0.2) is 5.78 Å². The Bertz CT molecular complexity index is 898. The third-order valence-corrected chi connectivity index (χ3v) is 5.11. The van der Waals surface area contributed by atoms with Gasteiger partial charge in [-0.15, -0.1) is 0 Å². The van der Waals surface area contributed by atoms with Gasteiger partial charge in [0.1, 0.15) is 5.56 Å². The lowest BCUT2D eigenvalue weighted by atomic mass is 9.81. The second-order valence-electron chi connectivity index (χ2n) is 6.75. The van der Waals surface area contributed by atoms with Gasteiger partial charge in [-0.05, 0) is 24.0 Å². The van der Waals surface area contributed by atoms with Crippen molar-refractivity contribution < 1.29 is 14.3 Å². The average Bonchev–Trinajstić information content (AvgIpc) is 2.68. The second kappa shape index (κ2) is 6.88. The molecule has 6 heteroatoms. The van der Waals surface area contributed by atoms with Crippen molar-refractivity contribution in [3.63, 3.8) is 0 Å². The molecular formula is C20H20N2O4. The van der Waals surface area contributed by atoms with Crippen LogP contribution >= 0.6 is 0 Å². The molecule has 0 spiro atoms. The lowest BCUT2D eigenvalue weighted by Crippen LogP contribution is -2.43. The van der Waals surface area contributed by atoms with Crippen molar-refractivity contribution in [3.8, 4) is 0 Å². The Kier molecular flexibility index (Phi) is 4.42. The van der Waals surface area contributed by atoms with Crippen LogP contribution in [0.1, 0.15) is 44.3 Å². The third-order valence-electron chi connectivity index (χ3n) is 5.11. The number of carbonyl (C=O) groups excluding carboxylic acids is 2. The number of benzene rings is 1. The average molecular weight is 352 g/mol. The SMILES string of the molecule is O=C1CC(c2ccccc2)Cc2[nH]c(=O)c(C(=O)N3CCOCC3)cc21. The maximum absolute atomic E-state index is 12.7. The van der Waals surface area contributed by atoms with E-state index in [4.69, 9.17) is 4.74 Å². The zero-order chi connectivity index (χ0) is 18.1. The summed E-state index contributed by atoms with van der Waals surface area (Å²) in [5, 5.41) is 0. The summed E-state index contributed by atoms with van der Waals surface area (Å²) in [4.78, 5) is 42.2. The molecule has 0 saturated carbocycles. The van der Waals surface area contributed by atoms with E-state index in [0.29, 0.717) is 50.4 Å². The summed E-state index contributed by atoms with van der Waals surface area (Å²) in [5.41, 5.74) is 1.78. The van der Waals surface area contributed by atoms with Crippen LogP contribution in [0.4, 0.5) is 0 Å². The van der Waals surface area contributed by atoms with Crippen molar-refractivity contribution in [1.82, 2.24) is 9.88 Å². The number of hydrogen-bond donors (Lipinski definition) is 1. The molecule has 1 amide bonds. The lowest BCUT2D eigenvalue weighted by molar-refractivity contribution is 0.0301. The van der Waals surface area contributed by atoms with Crippen molar-refractivity contribution >= 4 is 11.7 Å². The second-order valence-corrected chi connectivity index (χ2v) is 6.75. The first-order valence-electron chi connectivity index (χ1n) is 8.85. The quantitative estimate of drug-likeness (QED) is 0.893. The van der Waals surface area contributed by atoms with Crippen molar-refractivity contribution in [3.05, 3.63) is 69.1 Å². The van der Waals surface area contributed by atoms with Gasteiger partial charge in [-0.2, -0.15) is 0 Å². The normalized spacial score (nSPS) is 19.9. The zero-order valence-electron chi connectivity index (χ0n) is 14.4. The van der Waals surface area contributed by atoms with E-state index in [-0.39, 0.29) is 23.2 Å². The van der Waals surface area contributed by atoms with Gasteiger partial charge in [0.05, 0.1) is 13.2 Å². The van der Waals surface area contributed by atoms with Crippen molar-refractivity contribution in [2.45, 2.75) is 18.8 Å². The first-order chi connectivity index (χ1) is 12.6. The number of morpholine rings is 1. The van der Waals surface area contributed by atoms with Gasteiger partial charge >= 0.3 is 0 Å². The number of hydrogen-bond acceptors (Lipinski definition) is 4. The Morgan fingerprint density at radius 3 is 2.54 bits per heavy atom. The molecule has 4 rings (SSSR count). The predicted molar refractivity (Wildman–Crippen MR) is 95.6 cm³/mol. The molecule has 1 unspecified atom stereocenters. The van der Waals surface area contributed by atoms with Gasteiger partial charge in [-0.1, -0.05) is 30.3 Å². The van der Waals surface area contributed by atoms with E-state index < -0.39 is 5.56 Å². The number of H-pyrrole nitrogens is 1. The summed E-state index contributed by atoms with van der Waals surface area (Å²) in [6.45, 7) is 1.84. The molecule has 1 fully saturated rings. The molecule has 0 radical (unpaired) electrons. The first kappa shape index (κ1) is 16.7. The van der Waals surface area contributed by atoms with Crippen LogP contribution in [0.5, 0.6) is 0 Å². The highest BCUT2D eigenvalue weighted by molar-refractivity contribution is 6.02. The van der Waals surface area contributed by atoms with E-state index >= 15 is 0 Å². The Hall–Kier alpha value is -2.73. The van der Waals surface area contributed by atoms with Crippen LogP contribution in [0.3, 0.4) is 0 Å². The molecule has 1 aromatic heterocycles. The van der Waals surface area contributed by atoms with Crippen LogP contribution in [-0.4, -0.2) is 47.9 Å². The number of aromatic amines is 1. The van der Waals surface area contributed by atoms with E-state index in [0.717, 1.165) is 5.56 Å². The van der Waals surface area contributed by atoms with Crippen LogP contribution in [0, 0.1) is 0 Å². The number of fused-ring (bicyclic) bond motifs is 1. The molecule has 1 aromatic carbocycles. The van der Waals surface area contributed by atoms with E-state index in [2.05, 4.69) is 4.98 Å². The number of Topliss-reactive ketones (excluding diaryl/α,β-unsaturated/α-hetero) is 1. The summed E-state index contributed by atoms with van der Waals surface area (Å²) in [7, 11) is 0. The number of ether oxygens (including phenoxy) is 1. The minimum absolute atomic E-state index is 0.0348. The molecule has 2 heterocycles. The Morgan fingerprint density at radius 1 is 1.08 bits per heavy atom. The van der Waals surface area contributed by atoms with E-state index in [1.54, 1.807) is 4.90 Å². The van der Waals surface area contributed by atoms with E-state index in [9.17, 15) is 14.4 Å². The summed E-state index contributed by atoms with van der Waals surface area (Å²) in [6.07, 6.45) is 0.973.